The number of hydrogen-bond acceptors (Lipinski definition) is 6. The fraction of sp³-hybridized carbons (Fsp3) is 0.111. The molecule has 0 fully saturated rings. The summed E-state index contributed by atoms with van der Waals surface area (Å²) in [6.45, 7) is -0.0561. The number of esters is 1. The van der Waals surface area contributed by atoms with Crippen LogP contribution in [0.4, 0.5) is 0 Å². The van der Waals surface area contributed by atoms with E-state index in [-0.39, 0.29) is 6.61 Å². The molecule has 128 valence electrons. The van der Waals surface area contributed by atoms with Gasteiger partial charge in [-0.2, -0.15) is 0 Å². The minimum Gasteiger partial charge on any atom is -0.497 e. The van der Waals surface area contributed by atoms with Gasteiger partial charge in [0.15, 0.2) is 4.67 Å². The van der Waals surface area contributed by atoms with E-state index in [1.165, 1.54) is 25.3 Å². The topological polar surface area (TPSA) is 78.9 Å². The van der Waals surface area contributed by atoms with Gasteiger partial charge in [0.25, 0.3) is 0 Å². The fourth-order valence-electron chi connectivity index (χ4n) is 2.22. The highest BCUT2D eigenvalue weighted by Crippen LogP contribution is 2.23. The molecule has 0 saturated carbocycles. The van der Waals surface area contributed by atoms with Crippen LogP contribution in [-0.2, 0) is 16.1 Å². The largest absolute Gasteiger partial charge is 0.497 e. The maximum atomic E-state index is 11.8. The van der Waals surface area contributed by atoms with Crippen LogP contribution in [0.3, 0.4) is 0 Å². The molecule has 0 radical (unpaired) electrons. The summed E-state index contributed by atoms with van der Waals surface area (Å²) >= 11 is 3.18. The number of carbonyl (C=O) groups is 1. The molecule has 2 aromatic heterocycles. The average molecular weight is 405 g/mol. The lowest BCUT2D eigenvalue weighted by Gasteiger charge is -2.07. The summed E-state index contributed by atoms with van der Waals surface area (Å²) in [5, 5.41) is 0.673. The first-order valence-electron chi connectivity index (χ1n) is 7.26. The molecule has 1 aromatic carbocycles. The lowest BCUT2D eigenvalue weighted by atomic mass is 10.1. The Hall–Kier alpha value is -2.80. The van der Waals surface area contributed by atoms with Gasteiger partial charge in [0.05, 0.1) is 7.11 Å². The molecular weight excluding hydrogens is 392 g/mol. The number of fused-ring (bicyclic) bond motifs is 1. The number of benzene rings is 1. The molecule has 7 heteroatoms. The second kappa shape index (κ2) is 7.40. The minimum absolute atomic E-state index is 0.0561. The minimum atomic E-state index is -0.553. The Kier molecular flexibility index (Phi) is 5.04. The molecule has 25 heavy (non-hydrogen) atoms. The van der Waals surface area contributed by atoms with E-state index < -0.39 is 11.6 Å². The first kappa shape index (κ1) is 17.0. The number of ether oxygens (including phenoxy) is 2. The zero-order valence-electron chi connectivity index (χ0n) is 13.2. The standard InChI is InChI=1S/C18H13BrO6/c1-22-13-2-5-14-11(8-18(21)25-15(14)9-13)10-23-17(20)7-4-12-3-6-16(19)24-12/h2-9H,10H2,1H3/b7-4+. The Bertz CT molecular complexity index is 998. The van der Waals surface area contributed by atoms with Crippen molar-refractivity contribution in [3.8, 4) is 5.75 Å². The van der Waals surface area contributed by atoms with Crippen LogP contribution in [-0.4, -0.2) is 13.1 Å². The molecule has 0 aliphatic rings. The maximum Gasteiger partial charge on any atom is 0.336 e. The molecule has 0 saturated heterocycles. The Labute approximate surface area is 150 Å². The van der Waals surface area contributed by atoms with E-state index in [9.17, 15) is 9.59 Å². The zero-order valence-corrected chi connectivity index (χ0v) is 14.7. The first-order valence-corrected chi connectivity index (χ1v) is 8.05. The summed E-state index contributed by atoms with van der Waals surface area (Å²) in [4.78, 5) is 23.5. The summed E-state index contributed by atoms with van der Waals surface area (Å²) in [6, 6.07) is 9.82. The molecule has 3 rings (SSSR count). The predicted molar refractivity (Wildman–Crippen MR) is 94.3 cm³/mol. The van der Waals surface area contributed by atoms with Crippen LogP contribution in [0, 0.1) is 0 Å². The van der Waals surface area contributed by atoms with Crippen molar-refractivity contribution in [1.82, 2.24) is 0 Å². The van der Waals surface area contributed by atoms with Crippen LogP contribution in [0.2, 0.25) is 0 Å². The Morgan fingerprint density at radius 2 is 2.04 bits per heavy atom. The van der Waals surface area contributed by atoms with Gasteiger partial charge in [0.2, 0.25) is 0 Å². The van der Waals surface area contributed by atoms with Gasteiger partial charge in [-0.1, -0.05) is 0 Å². The molecule has 6 nitrogen and oxygen atoms in total. The number of carbonyl (C=O) groups excluding carboxylic acids is 1. The Balaban J connectivity index is 1.75. The highest BCUT2D eigenvalue weighted by Gasteiger charge is 2.09. The van der Waals surface area contributed by atoms with E-state index in [1.807, 2.05) is 0 Å². The van der Waals surface area contributed by atoms with E-state index in [4.69, 9.17) is 18.3 Å². The Morgan fingerprint density at radius 1 is 1.20 bits per heavy atom. The average Bonchev–Trinajstić information content (AvgIpc) is 3.02. The van der Waals surface area contributed by atoms with Crippen molar-refractivity contribution in [3.05, 3.63) is 68.9 Å². The monoisotopic (exact) mass is 404 g/mol. The summed E-state index contributed by atoms with van der Waals surface area (Å²) in [5.74, 6) is 0.529. The normalized spacial score (nSPS) is 11.1. The third-order valence-corrected chi connectivity index (χ3v) is 3.81. The van der Waals surface area contributed by atoms with E-state index in [0.29, 0.717) is 32.7 Å². The lowest BCUT2D eigenvalue weighted by Crippen LogP contribution is -2.05. The van der Waals surface area contributed by atoms with Gasteiger partial charge in [0, 0.05) is 29.2 Å². The van der Waals surface area contributed by atoms with E-state index in [1.54, 1.807) is 30.3 Å². The van der Waals surface area contributed by atoms with Crippen molar-refractivity contribution in [1.29, 1.82) is 0 Å². The second-order valence-corrected chi connectivity index (χ2v) is 5.82. The predicted octanol–water partition coefficient (Wildman–Crippen LogP) is 3.91. The molecule has 2 heterocycles. The van der Waals surface area contributed by atoms with Crippen LogP contribution in [0.5, 0.6) is 5.75 Å². The number of rotatable bonds is 5. The van der Waals surface area contributed by atoms with E-state index in [2.05, 4.69) is 15.9 Å². The maximum absolute atomic E-state index is 11.8. The van der Waals surface area contributed by atoms with Crippen molar-refractivity contribution in [2.24, 2.45) is 0 Å². The Morgan fingerprint density at radius 3 is 2.76 bits per heavy atom. The smallest absolute Gasteiger partial charge is 0.336 e. The fourth-order valence-corrected chi connectivity index (χ4v) is 2.54. The van der Waals surface area contributed by atoms with Crippen LogP contribution in [0.1, 0.15) is 11.3 Å². The van der Waals surface area contributed by atoms with E-state index in [0.717, 1.165) is 0 Å². The summed E-state index contributed by atoms with van der Waals surface area (Å²) in [5.41, 5.74) is 0.396. The van der Waals surface area contributed by atoms with Gasteiger partial charge >= 0.3 is 11.6 Å². The number of halogens is 1. The third kappa shape index (κ3) is 4.19. The van der Waals surface area contributed by atoms with Crippen molar-refractivity contribution in [2.75, 3.05) is 7.11 Å². The molecule has 0 bridgehead atoms. The van der Waals surface area contributed by atoms with Crippen LogP contribution < -0.4 is 10.4 Å². The van der Waals surface area contributed by atoms with Crippen molar-refractivity contribution < 1.29 is 23.1 Å². The lowest BCUT2D eigenvalue weighted by molar-refractivity contribution is -0.138. The van der Waals surface area contributed by atoms with Gasteiger partial charge in [-0.05, 0) is 46.3 Å². The quantitative estimate of drug-likeness (QED) is 0.364. The SMILES string of the molecule is COc1ccc2c(COC(=O)/C=C/c3ccc(Br)o3)cc(=O)oc2c1. The first-order chi connectivity index (χ1) is 12.0. The van der Waals surface area contributed by atoms with Crippen LogP contribution in [0.25, 0.3) is 17.0 Å². The molecule has 3 aromatic rings. The molecule has 0 N–H and O–H groups in total. The zero-order chi connectivity index (χ0) is 17.8. The van der Waals surface area contributed by atoms with Crippen LogP contribution in [0.15, 0.2) is 60.8 Å². The highest BCUT2D eigenvalue weighted by atomic mass is 79.9. The van der Waals surface area contributed by atoms with Gasteiger partial charge in [-0.3, -0.25) is 0 Å². The number of furan rings is 1. The molecule has 0 amide bonds. The molecule has 0 aliphatic heterocycles. The summed E-state index contributed by atoms with van der Waals surface area (Å²) in [7, 11) is 1.52. The molecule has 0 unspecified atom stereocenters. The highest BCUT2D eigenvalue weighted by molar-refractivity contribution is 9.10. The molecule has 0 aliphatic carbocycles. The van der Waals surface area contributed by atoms with Crippen LogP contribution >= 0.6 is 15.9 Å². The van der Waals surface area contributed by atoms with Crippen molar-refractivity contribution in [2.45, 2.75) is 6.61 Å². The third-order valence-electron chi connectivity index (χ3n) is 3.38. The van der Waals surface area contributed by atoms with E-state index >= 15 is 0 Å². The van der Waals surface area contributed by atoms with Gasteiger partial charge < -0.3 is 18.3 Å². The van der Waals surface area contributed by atoms with Crippen molar-refractivity contribution >= 4 is 38.9 Å². The van der Waals surface area contributed by atoms with Crippen molar-refractivity contribution in [3.63, 3.8) is 0 Å². The molecule has 0 atom stereocenters. The number of hydrogen-bond donors (Lipinski definition) is 0. The molecular formula is C18H13BrO6. The second-order valence-electron chi connectivity index (χ2n) is 5.04. The summed E-state index contributed by atoms with van der Waals surface area (Å²) < 4.78 is 21.3. The van der Waals surface area contributed by atoms with Gasteiger partial charge in [-0.15, -0.1) is 0 Å². The van der Waals surface area contributed by atoms with Gasteiger partial charge in [-0.25, -0.2) is 9.59 Å². The van der Waals surface area contributed by atoms with Gasteiger partial charge in [0.1, 0.15) is 23.7 Å². The molecule has 0 spiro atoms. The summed E-state index contributed by atoms with van der Waals surface area (Å²) in [6.07, 6.45) is 2.75. The number of methoxy groups -OCH3 is 1.